The molecular formula is C24H31NO3. The van der Waals surface area contributed by atoms with Crippen molar-refractivity contribution < 1.29 is 14.3 Å². The van der Waals surface area contributed by atoms with Crippen LogP contribution in [0.15, 0.2) is 30.3 Å². The number of amides is 1. The van der Waals surface area contributed by atoms with Crippen molar-refractivity contribution in [1.29, 1.82) is 0 Å². The Bertz CT molecular complexity index is 711. The van der Waals surface area contributed by atoms with Crippen LogP contribution in [0.5, 0.6) is 0 Å². The zero-order chi connectivity index (χ0) is 19.1. The molecule has 0 radical (unpaired) electrons. The van der Waals surface area contributed by atoms with Crippen molar-refractivity contribution in [3.63, 3.8) is 0 Å². The Morgan fingerprint density at radius 1 is 0.964 bits per heavy atom. The van der Waals surface area contributed by atoms with Crippen molar-refractivity contribution in [3.8, 4) is 0 Å². The van der Waals surface area contributed by atoms with Crippen molar-refractivity contribution in [3.05, 3.63) is 35.9 Å². The van der Waals surface area contributed by atoms with E-state index in [4.69, 9.17) is 4.74 Å². The first-order chi connectivity index (χ1) is 13.6. The van der Waals surface area contributed by atoms with Gasteiger partial charge in [0.1, 0.15) is 0 Å². The maximum atomic E-state index is 12.7. The molecule has 0 aliphatic heterocycles. The van der Waals surface area contributed by atoms with Crippen LogP contribution in [-0.2, 0) is 19.7 Å². The summed E-state index contributed by atoms with van der Waals surface area (Å²) >= 11 is 0. The molecule has 1 aromatic rings. The average Bonchev–Trinajstić information content (AvgIpc) is 2.65. The Kier molecular flexibility index (Phi) is 4.68. The monoisotopic (exact) mass is 381 g/mol. The smallest absolute Gasteiger partial charge is 0.310 e. The largest absolute Gasteiger partial charge is 0.455 e. The van der Waals surface area contributed by atoms with E-state index in [2.05, 4.69) is 29.6 Å². The molecule has 4 nitrogen and oxygen atoms in total. The maximum Gasteiger partial charge on any atom is 0.310 e. The minimum absolute atomic E-state index is 0.0443. The maximum absolute atomic E-state index is 12.7. The molecule has 0 unspecified atom stereocenters. The van der Waals surface area contributed by atoms with Gasteiger partial charge in [0.15, 0.2) is 6.61 Å². The summed E-state index contributed by atoms with van der Waals surface area (Å²) in [5.74, 6) is 2.44. The van der Waals surface area contributed by atoms with Crippen LogP contribution in [0, 0.1) is 29.6 Å². The molecule has 0 saturated heterocycles. The Hall–Kier alpha value is -1.84. The molecule has 1 amide bonds. The van der Waals surface area contributed by atoms with Gasteiger partial charge in [0.2, 0.25) is 0 Å². The number of esters is 1. The van der Waals surface area contributed by atoms with Gasteiger partial charge in [-0.3, -0.25) is 9.59 Å². The minimum atomic E-state index is -0.167. The van der Waals surface area contributed by atoms with Crippen molar-refractivity contribution in [2.75, 3.05) is 13.2 Å². The summed E-state index contributed by atoms with van der Waals surface area (Å²) in [6, 6.07) is 10.4. The van der Waals surface area contributed by atoms with E-state index in [1.165, 1.54) is 44.1 Å². The highest BCUT2D eigenvalue weighted by Crippen LogP contribution is 2.56. The second kappa shape index (κ2) is 7.20. The fourth-order valence-corrected chi connectivity index (χ4v) is 6.82. The number of ether oxygens (including phenoxy) is 1. The van der Waals surface area contributed by atoms with E-state index in [1.807, 2.05) is 6.07 Å². The van der Waals surface area contributed by atoms with Crippen LogP contribution in [0.2, 0.25) is 0 Å². The van der Waals surface area contributed by atoms with Gasteiger partial charge in [0.05, 0.1) is 5.92 Å². The van der Waals surface area contributed by atoms with E-state index < -0.39 is 0 Å². The van der Waals surface area contributed by atoms with Crippen LogP contribution in [0.25, 0.3) is 0 Å². The van der Waals surface area contributed by atoms with Crippen LogP contribution >= 0.6 is 0 Å². The Morgan fingerprint density at radius 2 is 1.61 bits per heavy atom. The molecule has 5 aliphatic carbocycles. The predicted octanol–water partition coefficient (Wildman–Crippen LogP) is 3.84. The van der Waals surface area contributed by atoms with E-state index in [0.717, 1.165) is 24.7 Å². The average molecular weight is 382 g/mol. The minimum Gasteiger partial charge on any atom is -0.455 e. The number of nitrogens with one attached hydrogen (secondary N) is 1. The van der Waals surface area contributed by atoms with Gasteiger partial charge in [-0.2, -0.15) is 0 Å². The molecule has 0 atom stereocenters. The summed E-state index contributed by atoms with van der Waals surface area (Å²) in [7, 11) is 0. The predicted molar refractivity (Wildman–Crippen MR) is 106 cm³/mol. The lowest BCUT2D eigenvalue weighted by Gasteiger charge is -2.53. The molecule has 4 bridgehead atoms. The summed E-state index contributed by atoms with van der Waals surface area (Å²) in [5.41, 5.74) is 1.36. The Morgan fingerprint density at radius 3 is 2.18 bits per heavy atom. The molecule has 6 rings (SSSR count). The fraction of sp³-hybridized carbons (Fsp3) is 0.667. The number of rotatable bonds is 6. The van der Waals surface area contributed by atoms with Gasteiger partial charge >= 0.3 is 5.97 Å². The van der Waals surface area contributed by atoms with Crippen LogP contribution in [0.4, 0.5) is 0 Å². The van der Waals surface area contributed by atoms with Crippen molar-refractivity contribution in [2.45, 2.75) is 56.8 Å². The van der Waals surface area contributed by atoms with Crippen molar-refractivity contribution >= 4 is 11.9 Å². The molecule has 5 saturated carbocycles. The molecule has 0 spiro atoms. The summed E-state index contributed by atoms with van der Waals surface area (Å²) < 4.78 is 5.50. The molecule has 4 heteroatoms. The third-order valence-corrected chi connectivity index (χ3v) is 8.17. The molecule has 150 valence electrons. The molecule has 28 heavy (non-hydrogen) atoms. The third kappa shape index (κ3) is 3.25. The molecule has 0 aromatic heterocycles. The van der Waals surface area contributed by atoms with Crippen LogP contribution < -0.4 is 5.32 Å². The topological polar surface area (TPSA) is 55.4 Å². The fourth-order valence-electron chi connectivity index (χ4n) is 6.82. The van der Waals surface area contributed by atoms with Gasteiger partial charge in [-0.05, 0) is 74.2 Å². The normalized spacial score (nSPS) is 34.5. The van der Waals surface area contributed by atoms with E-state index >= 15 is 0 Å². The standard InChI is InChI=1S/C24H31NO3/c26-21(25-15-24(7-4-8-24)20-5-2-1-3-6-20)14-28-23(27)22-18-10-16-9-17(12-18)13-19(22)11-16/h1-3,5-6,16-19,22H,4,7-15H2,(H,25,26). The van der Waals surface area contributed by atoms with E-state index in [9.17, 15) is 9.59 Å². The number of hydrogen-bond acceptors (Lipinski definition) is 3. The summed E-state index contributed by atoms with van der Waals surface area (Å²) in [6.07, 6.45) is 9.55. The quantitative estimate of drug-likeness (QED) is 0.762. The number of carbonyl (C=O) groups excluding carboxylic acids is 2. The second-order valence-electron chi connectivity index (χ2n) is 9.84. The van der Waals surface area contributed by atoms with Crippen LogP contribution in [0.3, 0.4) is 0 Å². The van der Waals surface area contributed by atoms with Gasteiger partial charge < -0.3 is 10.1 Å². The molecule has 1 N–H and O–H groups in total. The zero-order valence-electron chi connectivity index (χ0n) is 16.6. The van der Waals surface area contributed by atoms with Gasteiger partial charge in [-0.15, -0.1) is 0 Å². The number of carbonyl (C=O) groups is 2. The van der Waals surface area contributed by atoms with E-state index in [-0.39, 0.29) is 29.8 Å². The number of benzene rings is 1. The molecule has 5 fully saturated rings. The van der Waals surface area contributed by atoms with E-state index in [1.54, 1.807) is 0 Å². The SMILES string of the molecule is O=C(COC(=O)C1C2CC3CC(C2)CC1C3)NCC1(c2ccccc2)CCC1. The summed E-state index contributed by atoms with van der Waals surface area (Å²) in [5, 5.41) is 3.03. The molecule has 0 heterocycles. The van der Waals surface area contributed by atoms with Gasteiger partial charge in [0.25, 0.3) is 5.91 Å². The molecule has 1 aromatic carbocycles. The van der Waals surface area contributed by atoms with Crippen molar-refractivity contribution in [1.82, 2.24) is 5.32 Å². The molecule has 5 aliphatic rings. The Balaban J connectivity index is 1.12. The highest BCUT2D eigenvalue weighted by atomic mass is 16.5. The van der Waals surface area contributed by atoms with Crippen LogP contribution in [0.1, 0.15) is 56.9 Å². The number of hydrogen-bond donors (Lipinski definition) is 1. The summed E-state index contributed by atoms with van der Waals surface area (Å²) in [4.78, 5) is 25.1. The van der Waals surface area contributed by atoms with Gasteiger partial charge in [0, 0.05) is 12.0 Å². The van der Waals surface area contributed by atoms with Crippen molar-refractivity contribution in [2.24, 2.45) is 29.6 Å². The van der Waals surface area contributed by atoms with Gasteiger partial charge in [-0.25, -0.2) is 0 Å². The molecular weight excluding hydrogens is 350 g/mol. The highest BCUT2D eigenvalue weighted by Gasteiger charge is 2.51. The zero-order valence-corrected chi connectivity index (χ0v) is 16.6. The van der Waals surface area contributed by atoms with Crippen LogP contribution in [-0.4, -0.2) is 25.0 Å². The first kappa shape index (κ1) is 18.2. The third-order valence-electron chi connectivity index (χ3n) is 8.17. The lowest BCUT2D eigenvalue weighted by atomic mass is 9.52. The second-order valence-corrected chi connectivity index (χ2v) is 9.84. The first-order valence-electron chi connectivity index (χ1n) is 11.1. The van der Waals surface area contributed by atoms with E-state index in [0.29, 0.717) is 18.4 Å². The lowest BCUT2D eigenvalue weighted by molar-refractivity contribution is -0.164. The Labute approximate surface area is 167 Å². The summed E-state index contributed by atoms with van der Waals surface area (Å²) in [6.45, 7) is 0.498. The first-order valence-corrected chi connectivity index (χ1v) is 11.1. The van der Waals surface area contributed by atoms with Gasteiger partial charge in [-0.1, -0.05) is 36.8 Å². The lowest BCUT2D eigenvalue weighted by Crippen LogP contribution is -2.49. The highest BCUT2D eigenvalue weighted by molar-refractivity contribution is 5.81.